The molecule has 0 spiro atoms. The van der Waals surface area contributed by atoms with Gasteiger partial charge in [0.2, 0.25) is 11.7 Å². The average Bonchev–Trinajstić information content (AvgIpc) is 3.28. The summed E-state index contributed by atoms with van der Waals surface area (Å²) in [6.07, 6.45) is -4.44. The monoisotopic (exact) mass is 458 g/mol. The summed E-state index contributed by atoms with van der Waals surface area (Å²) in [5.74, 6) is 1.48. The molecule has 0 amide bonds. The van der Waals surface area contributed by atoms with Crippen molar-refractivity contribution in [3.63, 3.8) is 0 Å². The fourth-order valence-corrected chi connectivity index (χ4v) is 3.49. The molecule has 0 fully saturated rings. The zero-order chi connectivity index (χ0) is 22.6. The van der Waals surface area contributed by atoms with Crippen molar-refractivity contribution in [1.29, 1.82) is 0 Å². The molecule has 6 nitrogen and oxygen atoms in total. The van der Waals surface area contributed by atoms with Crippen molar-refractivity contribution in [3.05, 3.63) is 72.1 Å². The van der Waals surface area contributed by atoms with Crippen molar-refractivity contribution >= 4 is 11.8 Å². The number of alkyl halides is 3. The Kier molecular flexibility index (Phi) is 6.40. The number of hydrogen-bond acceptors (Lipinski definition) is 7. The Labute approximate surface area is 185 Å². The Morgan fingerprint density at radius 3 is 2.47 bits per heavy atom. The molecule has 4 aromatic rings. The van der Waals surface area contributed by atoms with Crippen molar-refractivity contribution in [3.8, 4) is 28.4 Å². The Morgan fingerprint density at radius 2 is 1.78 bits per heavy atom. The summed E-state index contributed by atoms with van der Waals surface area (Å²) in [5.41, 5.74) is 1.11. The molecule has 0 aliphatic rings. The molecule has 0 atom stereocenters. The Balaban J connectivity index is 1.39. The van der Waals surface area contributed by atoms with Gasteiger partial charge in [-0.25, -0.2) is 0 Å². The first-order chi connectivity index (χ1) is 15.4. The summed E-state index contributed by atoms with van der Waals surface area (Å²) in [6, 6.07) is 16.1. The van der Waals surface area contributed by atoms with Gasteiger partial charge in [0.05, 0.1) is 23.6 Å². The lowest BCUT2D eigenvalue weighted by Gasteiger charge is -2.06. The number of nitrogens with zero attached hydrogens (tertiary/aromatic N) is 4. The highest BCUT2D eigenvalue weighted by Gasteiger charge is 2.30. The number of benzene rings is 2. The molecule has 2 aromatic carbocycles. The lowest BCUT2D eigenvalue weighted by Crippen LogP contribution is -2.04. The molecule has 0 unspecified atom stereocenters. The van der Waals surface area contributed by atoms with Gasteiger partial charge < -0.3 is 9.26 Å². The van der Waals surface area contributed by atoms with Crippen LogP contribution in [0.25, 0.3) is 22.6 Å². The molecule has 0 radical (unpaired) electrons. The molecule has 0 aliphatic heterocycles. The lowest BCUT2D eigenvalue weighted by molar-refractivity contribution is -0.137. The van der Waals surface area contributed by atoms with E-state index in [2.05, 4.69) is 20.3 Å². The van der Waals surface area contributed by atoms with E-state index in [9.17, 15) is 13.2 Å². The van der Waals surface area contributed by atoms with Gasteiger partial charge in [-0.2, -0.15) is 18.2 Å². The highest BCUT2D eigenvalue weighted by atomic mass is 32.2. The molecule has 0 N–H and O–H groups in total. The van der Waals surface area contributed by atoms with Crippen LogP contribution in [0.4, 0.5) is 13.2 Å². The molecule has 0 saturated carbocycles. The quantitative estimate of drug-likeness (QED) is 0.319. The fraction of sp³-hybridized carbons (Fsp3) is 0.182. The summed E-state index contributed by atoms with van der Waals surface area (Å²) >= 11 is 1.33. The average molecular weight is 458 g/mol. The van der Waals surface area contributed by atoms with E-state index in [1.807, 2.05) is 43.3 Å². The molecule has 0 bridgehead atoms. The highest BCUT2D eigenvalue weighted by Crippen LogP contribution is 2.32. The van der Waals surface area contributed by atoms with Crippen LogP contribution >= 0.6 is 11.8 Å². The second-order valence-corrected chi connectivity index (χ2v) is 7.59. The summed E-state index contributed by atoms with van der Waals surface area (Å²) in [6.45, 7) is 2.53. The number of ether oxygens (including phenoxy) is 1. The summed E-state index contributed by atoms with van der Waals surface area (Å²) in [7, 11) is 0. The van der Waals surface area contributed by atoms with E-state index in [0.717, 1.165) is 29.1 Å². The van der Waals surface area contributed by atoms with Crippen molar-refractivity contribution < 1.29 is 22.4 Å². The maximum atomic E-state index is 12.9. The zero-order valence-electron chi connectivity index (χ0n) is 16.8. The number of hydrogen-bond donors (Lipinski definition) is 0. The van der Waals surface area contributed by atoms with Gasteiger partial charge in [-0.3, -0.25) is 0 Å². The van der Waals surface area contributed by atoms with Crippen LogP contribution in [0.5, 0.6) is 5.75 Å². The molecule has 4 rings (SSSR count). The molecule has 32 heavy (non-hydrogen) atoms. The standard InChI is InChI=1S/C22H17F3N4O2S/c1-2-30-17-8-6-14(7-9-17)18-10-11-20(28-27-18)32-13-19-26-21(29-31-19)15-4-3-5-16(12-15)22(23,24)25/h3-12H,2,13H2,1H3. The minimum absolute atomic E-state index is 0.101. The van der Waals surface area contributed by atoms with Crippen molar-refractivity contribution in [2.75, 3.05) is 6.61 Å². The third kappa shape index (κ3) is 5.25. The number of thioether (sulfide) groups is 1. The first-order valence-electron chi connectivity index (χ1n) is 9.62. The Bertz CT molecular complexity index is 1180. The van der Waals surface area contributed by atoms with Gasteiger partial charge in [0.25, 0.3) is 0 Å². The first-order valence-corrected chi connectivity index (χ1v) is 10.6. The molecule has 164 valence electrons. The van der Waals surface area contributed by atoms with E-state index in [1.165, 1.54) is 23.9 Å². The van der Waals surface area contributed by atoms with E-state index < -0.39 is 11.7 Å². The molecule has 10 heteroatoms. The molecule has 2 aromatic heterocycles. The van der Waals surface area contributed by atoms with Gasteiger partial charge in [-0.15, -0.1) is 10.2 Å². The van der Waals surface area contributed by atoms with E-state index in [0.29, 0.717) is 17.4 Å². The first kappa shape index (κ1) is 21.8. The third-order valence-corrected chi connectivity index (χ3v) is 5.27. The maximum absolute atomic E-state index is 12.9. The molecular formula is C22H17F3N4O2S. The minimum Gasteiger partial charge on any atom is -0.494 e. The van der Waals surface area contributed by atoms with Gasteiger partial charge in [-0.1, -0.05) is 29.1 Å². The van der Waals surface area contributed by atoms with Crippen LogP contribution in [0.2, 0.25) is 0 Å². The van der Waals surface area contributed by atoms with Gasteiger partial charge in [0.1, 0.15) is 10.8 Å². The lowest BCUT2D eigenvalue weighted by atomic mass is 10.1. The van der Waals surface area contributed by atoms with Gasteiger partial charge >= 0.3 is 6.18 Å². The molecule has 0 aliphatic carbocycles. The molecule has 2 heterocycles. The van der Waals surface area contributed by atoms with Crippen LogP contribution in [-0.2, 0) is 11.9 Å². The smallest absolute Gasteiger partial charge is 0.416 e. The SMILES string of the molecule is CCOc1ccc(-c2ccc(SCc3nc(-c4cccc(C(F)(F)F)c4)no3)nn2)cc1. The van der Waals surface area contributed by atoms with Gasteiger partial charge in [-0.05, 0) is 55.5 Å². The summed E-state index contributed by atoms with van der Waals surface area (Å²) in [5, 5.41) is 12.9. The highest BCUT2D eigenvalue weighted by molar-refractivity contribution is 7.98. The molecule has 0 saturated heterocycles. The van der Waals surface area contributed by atoms with Crippen molar-refractivity contribution in [2.45, 2.75) is 23.9 Å². The predicted octanol–water partition coefficient (Wildman–Crippen LogP) is 5.90. The van der Waals surface area contributed by atoms with E-state index in [4.69, 9.17) is 9.26 Å². The van der Waals surface area contributed by atoms with Crippen LogP contribution in [0, 0.1) is 0 Å². The zero-order valence-corrected chi connectivity index (χ0v) is 17.7. The van der Waals surface area contributed by atoms with Crippen LogP contribution in [-0.4, -0.2) is 26.9 Å². The third-order valence-electron chi connectivity index (χ3n) is 4.36. The number of aromatic nitrogens is 4. The van der Waals surface area contributed by atoms with Crippen LogP contribution < -0.4 is 4.74 Å². The van der Waals surface area contributed by atoms with Crippen LogP contribution in [0.1, 0.15) is 18.4 Å². The van der Waals surface area contributed by atoms with Crippen molar-refractivity contribution in [2.24, 2.45) is 0 Å². The minimum atomic E-state index is -4.44. The van der Waals surface area contributed by atoms with Crippen LogP contribution in [0.15, 0.2) is 70.2 Å². The second kappa shape index (κ2) is 9.39. The van der Waals surface area contributed by atoms with Gasteiger partial charge in [0.15, 0.2) is 0 Å². The number of halogens is 3. The summed E-state index contributed by atoms with van der Waals surface area (Å²) < 4.78 is 49.3. The van der Waals surface area contributed by atoms with E-state index in [1.54, 1.807) is 0 Å². The number of rotatable bonds is 7. The van der Waals surface area contributed by atoms with E-state index >= 15 is 0 Å². The Hall–Kier alpha value is -3.40. The fourth-order valence-electron chi connectivity index (χ4n) is 2.84. The largest absolute Gasteiger partial charge is 0.494 e. The molecular weight excluding hydrogens is 441 g/mol. The van der Waals surface area contributed by atoms with Crippen molar-refractivity contribution in [1.82, 2.24) is 20.3 Å². The normalized spacial score (nSPS) is 11.5. The Morgan fingerprint density at radius 1 is 0.969 bits per heavy atom. The van der Waals surface area contributed by atoms with Crippen LogP contribution in [0.3, 0.4) is 0 Å². The summed E-state index contributed by atoms with van der Waals surface area (Å²) in [4.78, 5) is 4.18. The second-order valence-electron chi connectivity index (χ2n) is 6.59. The van der Waals surface area contributed by atoms with Gasteiger partial charge in [0, 0.05) is 11.1 Å². The topological polar surface area (TPSA) is 73.9 Å². The maximum Gasteiger partial charge on any atom is 0.416 e. The predicted molar refractivity (Wildman–Crippen MR) is 113 cm³/mol. The van der Waals surface area contributed by atoms with E-state index in [-0.39, 0.29) is 17.3 Å².